The first-order valence-electron chi connectivity index (χ1n) is 5.88. The SMILES string of the molecule is CC(C)(C)c1ccc(C2(C)CC2)cn1.O=CO. The molecule has 1 aromatic rings. The molecule has 0 bridgehead atoms. The molecule has 1 aromatic heterocycles. The highest BCUT2D eigenvalue weighted by atomic mass is 16.3. The molecule has 0 unspecified atom stereocenters. The Hall–Kier alpha value is -1.38. The highest BCUT2D eigenvalue weighted by Gasteiger charge is 2.39. The Kier molecular flexibility index (Phi) is 3.91. The van der Waals surface area contributed by atoms with Gasteiger partial charge in [-0.3, -0.25) is 9.78 Å². The molecule has 0 spiro atoms. The number of hydrogen-bond acceptors (Lipinski definition) is 2. The monoisotopic (exact) mass is 235 g/mol. The Balaban J connectivity index is 0.000000437. The molecular formula is C14H21NO2. The van der Waals surface area contributed by atoms with Crippen molar-refractivity contribution in [2.24, 2.45) is 0 Å². The van der Waals surface area contributed by atoms with Crippen LogP contribution in [0.3, 0.4) is 0 Å². The fourth-order valence-electron chi connectivity index (χ4n) is 1.67. The summed E-state index contributed by atoms with van der Waals surface area (Å²) in [5.74, 6) is 0. The van der Waals surface area contributed by atoms with Crippen LogP contribution < -0.4 is 0 Å². The first-order valence-corrected chi connectivity index (χ1v) is 5.88. The van der Waals surface area contributed by atoms with E-state index in [9.17, 15) is 0 Å². The van der Waals surface area contributed by atoms with Crippen LogP contribution in [-0.2, 0) is 15.6 Å². The number of carbonyl (C=O) groups is 1. The van der Waals surface area contributed by atoms with Gasteiger partial charge in [0.15, 0.2) is 0 Å². The van der Waals surface area contributed by atoms with Crippen LogP contribution in [0.1, 0.15) is 51.8 Å². The predicted molar refractivity (Wildman–Crippen MR) is 68.2 cm³/mol. The summed E-state index contributed by atoms with van der Waals surface area (Å²) in [6.07, 6.45) is 4.71. The standard InChI is InChI=1S/C13H19N.CH2O2/c1-12(2,3)11-6-5-10(9-14-11)13(4)7-8-13;2-1-3/h5-6,9H,7-8H2,1-4H3;1H,(H,2,3). The molecule has 1 N–H and O–H groups in total. The Morgan fingerprint density at radius 3 is 2.18 bits per heavy atom. The van der Waals surface area contributed by atoms with Crippen molar-refractivity contribution in [3.63, 3.8) is 0 Å². The molecule has 1 aliphatic rings. The smallest absolute Gasteiger partial charge is 0.290 e. The van der Waals surface area contributed by atoms with E-state index in [-0.39, 0.29) is 11.9 Å². The minimum Gasteiger partial charge on any atom is -0.483 e. The van der Waals surface area contributed by atoms with E-state index in [1.54, 1.807) is 0 Å². The fraction of sp³-hybridized carbons (Fsp3) is 0.571. The number of rotatable bonds is 1. The van der Waals surface area contributed by atoms with Gasteiger partial charge in [0.05, 0.1) is 0 Å². The zero-order valence-electron chi connectivity index (χ0n) is 11.0. The van der Waals surface area contributed by atoms with Crippen molar-refractivity contribution in [3.05, 3.63) is 29.6 Å². The quantitative estimate of drug-likeness (QED) is 0.761. The summed E-state index contributed by atoms with van der Waals surface area (Å²) in [4.78, 5) is 12.9. The molecule has 2 rings (SSSR count). The number of hydrogen-bond donors (Lipinski definition) is 1. The molecule has 0 aliphatic heterocycles. The lowest BCUT2D eigenvalue weighted by Gasteiger charge is -2.18. The molecule has 1 aliphatic carbocycles. The molecule has 94 valence electrons. The maximum absolute atomic E-state index is 8.36. The molecule has 0 radical (unpaired) electrons. The van der Waals surface area contributed by atoms with E-state index >= 15 is 0 Å². The first-order chi connectivity index (χ1) is 7.83. The minimum absolute atomic E-state index is 0.170. The number of pyridine rings is 1. The van der Waals surface area contributed by atoms with E-state index in [2.05, 4.69) is 51.0 Å². The number of carboxylic acid groups (broad SMARTS) is 1. The Labute approximate surface area is 103 Å². The second-order valence-corrected chi connectivity index (χ2v) is 5.85. The van der Waals surface area contributed by atoms with E-state index < -0.39 is 0 Å². The van der Waals surface area contributed by atoms with Crippen molar-refractivity contribution < 1.29 is 9.90 Å². The van der Waals surface area contributed by atoms with Gasteiger partial charge in [-0.2, -0.15) is 0 Å². The summed E-state index contributed by atoms with van der Waals surface area (Å²) < 4.78 is 0. The molecule has 1 saturated carbocycles. The summed E-state index contributed by atoms with van der Waals surface area (Å²) >= 11 is 0. The zero-order chi connectivity index (χ0) is 13.1. The van der Waals surface area contributed by atoms with Gasteiger partial charge in [0.2, 0.25) is 0 Å². The van der Waals surface area contributed by atoms with Crippen molar-refractivity contribution in [3.8, 4) is 0 Å². The van der Waals surface area contributed by atoms with E-state index in [1.165, 1.54) is 24.1 Å². The van der Waals surface area contributed by atoms with Gasteiger partial charge in [-0.1, -0.05) is 33.8 Å². The van der Waals surface area contributed by atoms with Crippen molar-refractivity contribution in [2.45, 2.75) is 51.4 Å². The van der Waals surface area contributed by atoms with Crippen LogP contribution in [0.5, 0.6) is 0 Å². The van der Waals surface area contributed by atoms with E-state index in [0.717, 1.165) is 0 Å². The lowest BCUT2D eigenvalue weighted by Crippen LogP contribution is -2.14. The average Bonchev–Trinajstić information content (AvgIpc) is 2.98. The Bertz CT molecular complexity index is 348. The van der Waals surface area contributed by atoms with Crippen LogP contribution in [0.15, 0.2) is 18.3 Å². The summed E-state index contributed by atoms with van der Waals surface area (Å²) in [6.45, 7) is 8.68. The Morgan fingerprint density at radius 1 is 1.35 bits per heavy atom. The molecule has 3 heteroatoms. The van der Waals surface area contributed by atoms with Crippen LogP contribution in [-0.4, -0.2) is 16.6 Å². The summed E-state index contributed by atoms with van der Waals surface area (Å²) in [7, 11) is 0. The maximum atomic E-state index is 8.36. The van der Waals surface area contributed by atoms with Crippen LogP contribution in [0.25, 0.3) is 0 Å². The van der Waals surface area contributed by atoms with Crippen molar-refractivity contribution in [2.75, 3.05) is 0 Å². The second-order valence-electron chi connectivity index (χ2n) is 5.85. The van der Waals surface area contributed by atoms with Gasteiger partial charge in [0, 0.05) is 17.3 Å². The van der Waals surface area contributed by atoms with Crippen LogP contribution in [0.4, 0.5) is 0 Å². The normalized spacial score (nSPS) is 16.7. The third-order valence-corrected chi connectivity index (χ3v) is 3.23. The lowest BCUT2D eigenvalue weighted by molar-refractivity contribution is -0.122. The molecule has 1 fully saturated rings. The second kappa shape index (κ2) is 4.86. The molecular weight excluding hydrogens is 214 g/mol. The van der Waals surface area contributed by atoms with E-state index in [0.29, 0.717) is 5.41 Å². The highest BCUT2D eigenvalue weighted by Crippen LogP contribution is 2.47. The van der Waals surface area contributed by atoms with Gasteiger partial charge in [-0.25, -0.2) is 0 Å². The summed E-state index contributed by atoms with van der Waals surface area (Å²) in [6, 6.07) is 4.43. The average molecular weight is 235 g/mol. The predicted octanol–water partition coefficient (Wildman–Crippen LogP) is 3.13. The summed E-state index contributed by atoms with van der Waals surface area (Å²) in [5.41, 5.74) is 3.21. The zero-order valence-corrected chi connectivity index (χ0v) is 11.0. The maximum Gasteiger partial charge on any atom is 0.290 e. The molecule has 0 atom stereocenters. The third kappa shape index (κ3) is 3.55. The Morgan fingerprint density at radius 2 is 1.88 bits per heavy atom. The van der Waals surface area contributed by atoms with Gasteiger partial charge in [0.25, 0.3) is 6.47 Å². The number of aromatic nitrogens is 1. The van der Waals surface area contributed by atoms with Gasteiger partial charge in [-0.05, 0) is 29.9 Å². The van der Waals surface area contributed by atoms with Crippen molar-refractivity contribution >= 4 is 6.47 Å². The molecule has 17 heavy (non-hydrogen) atoms. The molecule has 0 amide bonds. The van der Waals surface area contributed by atoms with Crippen LogP contribution in [0.2, 0.25) is 0 Å². The molecule has 0 aromatic carbocycles. The number of nitrogens with zero attached hydrogens (tertiary/aromatic N) is 1. The summed E-state index contributed by atoms with van der Waals surface area (Å²) in [5, 5.41) is 6.89. The van der Waals surface area contributed by atoms with Gasteiger partial charge in [-0.15, -0.1) is 0 Å². The fourth-order valence-corrected chi connectivity index (χ4v) is 1.67. The van der Waals surface area contributed by atoms with Crippen LogP contribution >= 0.6 is 0 Å². The minimum atomic E-state index is -0.250. The van der Waals surface area contributed by atoms with Gasteiger partial charge in [0.1, 0.15) is 0 Å². The molecule has 1 heterocycles. The van der Waals surface area contributed by atoms with Crippen molar-refractivity contribution in [1.29, 1.82) is 0 Å². The van der Waals surface area contributed by atoms with Gasteiger partial charge >= 0.3 is 0 Å². The molecule has 0 saturated heterocycles. The molecule has 3 nitrogen and oxygen atoms in total. The largest absolute Gasteiger partial charge is 0.483 e. The van der Waals surface area contributed by atoms with Crippen molar-refractivity contribution in [1.82, 2.24) is 4.98 Å². The lowest BCUT2D eigenvalue weighted by atomic mass is 9.90. The van der Waals surface area contributed by atoms with Gasteiger partial charge < -0.3 is 5.11 Å². The topological polar surface area (TPSA) is 50.2 Å². The van der Waals surface area contributed by atoms with Crippen LogP contribution in [0, 0.1) is 0 Å². The highest BCUT2D eigenvalue weighted by molar-refractivity contribution is 5.32. The van der Waals surface area contributed by atoms with E-state index in [4.69, 9.17) is 9.90 Å². The van der Waals surface area contributed by atoms with E-state index in [1.807, 2.05) is 0 Å². The third-order valence-electron chi connectivity index (χ3n) is 3.23. The first kappa shape index (κ1) is 13.7.